The average molecular weight is 290 g/mol. The summed E-state index contributed by atoms with van der Waals surface area (Å²) in [6, 6.07) is 3.72. The largest absolute Gasteiger partial charge is 0.480 e. The van der Waals surface area contributed by atoms with E-state index in [1.807, 2.05) is 0 Å². The van der Waals surface area contributed by atoms with Crippen LogP contribution in [0.15, 0.2) is 18.2 Å². The fourth-order valence-electron chi connectivity index (χ4n) is 1.67. The van der Waals surface area contributed by atoms with Crippen molar-refractivity contribution in [2.24, 2.45) is 5.73 Å². The van der Waals surface area contributed by atoms with E-state index >= 15 is 0 Å². The predicted molar refractivity (Wildman–Crippen MR) is 68.4 cm³/mol. The number of alkyl halides is 3. The van der Waals surface area contributed by atoms with Gasteiger partial charge in [-0.1, -0.05) is 6.07 Å². The molecule has 1 amide bonds. The highest BCUT2D eigenvalue weighted by Gasteiger charge is 2.35. The number of hydrogen-bond acceptors (Lipinski definition) is 3. The molecular formula is C13H17F3N2O2. The summed E-state index contributed by atoms with van der Waals surface area (Å²) in [4.78, 5) is 11.3. The Labute approximate surface area is 115 Å². The Morgan fingerprint density at radius 3 is 2.60 bits per heavy atom. The van der Waals surface area contributed by atoms with Crippen LogP contribution in [-0.4, -0.2) is 25.6 Å². The van der Waals surface area contributed by atoms with Crippen molar-refractivity contribution in [3.8, 4) is 5.75 Å². The van der Waals surface area contributed by atoms with E-state index in [0.717, 1.165) is 6.07 Å². The molecule has 0 aliphatic rings. The number of halogens is 3. The maximum absolute atomic E-state index is 13.0. The van der Waals surface area contributed by atoms with Gasteiger partial charge in [0.25, 0.3) is 5.91 Å². The smallest absolute Gasteiger partial charge is 0.419 e. The lowest BCUT2D eigenvalue weighted by molar-refractivity contribution is -0.140. The van der Waals surface area contributed by atoms with Gasteiger partial charge >= 0.3 is 6.18 Å². The topological polar surface area (TPSA) is 64.3 Å². The minimum atomic E-state index is -4.55. The number of hydrogen-bond donors (Lipinski definition) is 2. The van der Waals surface area contributed by atoms with Gasteiger partial charge in [-0.05, 0) is 37.6 Å². The number of nitrogens with one attached hydrogen (secondary N) is 1. The first-order valence-corrected chi connectivity index (χ1v) is 6.08. The molecule has 0 aromatic heterocycles. The van der Waals surface area contributed by atoms with Gasteiger partial charge in [0, 0.05) is 7.05 Å². The standard InChI is InChI=1S/C13H17F3N2O2/c1-8(12(19)18-2)20-11-4-3-9(5-6-17)7-10(11)13(14,15)16/h3-4,7-8H,5-6,17H2,1-2H3,(H,18,19). The SMILES string of the molecule is CNC(=O)C(C)Oc1ccc(CCN)cc1C(F)(F)F. The fraction of sp³-hybridized carbons (Fsp3) is 0.462. The van der Waals surface area contributed by atoms with E-state index in [0.29, 0.717) is 12.0 Å². The number of rotatable bonds is 5. The second-order valence-electron chi connectivity index (χ2n) is 4.24. The molecule has 1 unspecified atom stereocenters. The van der Waals surface area contributed by atoms with E-state index in [9.17, 15) is 18.0 Å². The van der Waals surface area contributed by atoms with Crippen LogP contribution in [0.25, 0.3) is 0 Å². The van der Waals surface area contributed by atoms with E-state index in [1.165, 1.54) is 26.1 Å². The summed E-state index contributed by atoms with van der Waals surface area (Å²) in [5.41, 5.74) is 4.90. The molecule has 1 aromatic rings. The van der Waals surface area contributed by atoms with Gasteiger partial charge in [0.2, 0.25) is 0 Å². The average Bonchev–Trinajstić information content (AvgIpc) is 2.38. The van der Waals surface area contributed by atoms with Crippen LogP contribution in [0, 0.1) is 0 Å². The van der Waals surface area contributed by atoms with Gasteiger partial charge in [-0.2, -0.15) is 13.2 Å². The summed E-state index contributed by atoms with van der Waals surface area (Å²) in [7, 11) is 1.39. The maximum Gasteiger partial charge on any atom is 0.419 e. The van der Waals surface area contributed by atoms with Crippen LogP contribution in [0.4, 0.5) is 13.2 Å². The van der Waals surface area contributed by atoms with Crippen LogP contribution in [0.5, 0.6) is 5.75 Å². The number of likely N-dealkylation sites (N-methyl/N-ethyl adjacent to an activating group) is 1. The van der Waals surface area contributed by atoms with Crippen molar-refractivity contribution < 1.29 is 22.7 Å². The van der Waals surface area contributed by atoms with Crippen molar-refractivity contribution in [2.75, 3.05) is 13.6 Å². The van der Waals surface area contributed by atoms with E-state index in [-0.39, 0.29) is 12.3 Å². The first-order chi connectivity index (χ1) is 9.29. The van der Waals surface area contributed by atoms with Gasteiger partial charge in [0.1, 0.15) is 5.75 Å². The van der Waals surface area contributed by atoms with E-state index in [4.69, 9.17) is 10.5 Å². The molecule has 0 aliphatic carbocycles. The lowest BCUT2D eigenvalue weighted by Crippen LogP contribution is -2.34. The summed E-state index contributed by atoms with van der Waals surface area (Å²) in [5, 5.41) is 2.31. The highest BCUT2D eigenvalue weighted by Crippen LogP contribution is 2.37. The number of carbonyl (C=O) groups excluding carboxylic acids is 1. The zero-order valence-electron chi connectivity index (χ0n) is 11.3. The zero-order chi connectivity index (χ0) is 15.3. The van der Waals surface area contributed by atoms with Gasteiger partial charge in [0.05, 0.1) is 5.56 Å². The Morgan fingerprint density at radius 1 is 1.45 bits per heavy atom. The molecule has 0 spiro atoms. The normalized spacial score (nSPS) is 12.9. The van der Waals surface area contributed by atoms with Gasteiger partial charge < -0.3 is 15.8 Å². The molecule has 1 rings (SSSR count). The molecule has 0 saturated heterocycles. The Bertz CT molecular complexity index is 475. The summed E-state index contributed by atoms with van der Waals surface area (Å²) >= 11 is 0. The molecule has 0 bridgehead atoms. The van der Waals surface area contributed by atoms with Gasteiger partial charge in [-0.15, -0.1) is 0 Å². The zero-order valence-corrected chi connectivity index (χ0v) is 11.3. The second kappa shape index (κ2) is 6.60. The number of nitrogens with two attached hydrogens (primary N) is 1. The minimum absolute atomic E-state index is 0.256. The Balaban J connectivity index is 3.09. The Kier molecular flexibility index (Phi) is 5.38. The first-order valence-electron chi connectivity index (χ1n) is 6.08. The first kappa shape index (κ1) is 16.3. The Hall–Kier alpha value is -1.76. The van der Waals surface area contributed by atoms with Crippen molar-refractivity contribution in [3.05, 3.63) is 29.3 Å². The highest BCUT2D eigenvalue weighted by atomic mass is 19.4. The molecule has 0 heterocycles. The van der Waals surface area contributed by atoms with Crippen LogP contribution in [0.2, 0.25) is 0 Å². The molecule has 1 aromatic carbocycles. The molecule has 20 heavy (non-hydrogen) atoms. The van der Waals surface area contributed by atoms with Crippen molar-refractivity contribution in [2.45, 2.75) is 25.6 Å². The summed E-state index contributed by atoms with van der Waals surface area (Å²) in [5.74, 6) is -0.862. The van der Waals surface area contributed by atoms with Crippen molar-refractivity contribution in [1.29, 1.82) is 0 Å². The van der Waals surface area contributed by atoms with Gasteiger partial charge in [-0.25, -0.2) is 0 Å². The molecule has 0 saturated carbocycles. The number of benzene rings is 1. The van der Waals surface area contributed by atoms with Crippen LogP contribution in [-0.2, 0) is 17.4 Å². The third kappa shape index (κ3) is 4.12. The highest BCUT2D eigenvalue weighted by molar-refractivity contribution is 5.80. The van der Waals surface area contributed by atoms with Crippen LogP contribution >= 0.6 is 0 Å². The van der Waals surface area contributed by atoms with Crippen molar-refractivity contribution in [1.82, 2.24) is 5.32 Å². The van der Waals surface area contributed by atoms with Crippen LogP contribution in [0.1, 0.15) is 18.1 Å². The van der Waals surface area contributed by atoms with Crippen molar-refractivity contribution in [3.63, 3.8) is 0 Å². The quantitative estimate of drug-likeness (QED) is 0.868. The molecule has 7 heteroatoms. The monoisotopic (exact) mass is 290 g/mol. The van der Waals surface area contributed by atoms with Crippen LogP contribution < -0.4 is 15.8 Å². The van der Waals surface area contributed by atoms with E-state index in [2.05, 4.69) is 5.32 Å². The molecular weight excluding hydrogens is 273 g/mol. The lowest BCUT2D eigenvalue weighted by atomic mass is 10.1. The summed E-state index contributed by atoms with van der Waals surface area (Å²) in [6.07, 6.45) is -5.22. The molecule has 0 aliphatic heterocycles. The van der Waals surface area contributed by atoms with E-state index in [1.54, 1.807) is 0 Å². The molecule has 4 nitrogen and oxygen atoms in total. The lowest BCUT2D eigenvalue weighted by Gasteiger charge is -2.18. The molecule has 0 radical (unpaired) electrons. The summed E-state index contributed by atoms with van der Waals surface area (Å²) in [6.45, 7) is 1.64. The summed E-state index contributed by atoms with van der Waals surface area (Å²) < 4.78 is 44.1. The molecule has 3 N–H and O–H groups in total. The van der Waals surface area contributed by atoms with Crippen LogP contribution in [0.3, 0.4) is 0 Å². The molecule has 1 atom stereocenters. The molecule has 112 valence electrons. The second-order valence-corrected chi connectivity index (χ2v) is 4.24. The fourth-order valence-corrected chi connectivity index (χ4v) is 1.67. The van der Waals surface area contributed by atoms with Crippen molar-refractivity contribution >= 4 is 5.91 Å². The third-order valence-corrected chi connectivity index (χ3v) is 2.70. The minimum Gasteiger partial charge on any atom is -0.480 e. The molecule has 0 fully saturated rings. The van der Waals surface area contributed by atoms with Gasteiger partial charge in [-0.3, -0.25) is 4.79 Å². The maximum atomic E-state index is 13.0. The predicted octanol–water partition coefficient (Wildman–Crippen LogP) is 1.72. The number of ether oxygens (including phenoxy) is 1. The Morgan fingerprint density at radius 2 is 2.10 bits per heavy atom. The number of carbonyl (C=O) groups is 1. The van der Waals surface area contributed by atoms with E-state index < -0.39 is 23.8 Å². The van der Waals surface area contributed by atoms with Gasteiger partial charge in [0.15, 0.2) is 6.10 Å². The third-order valence-electron chi connectivity index (χ3n) is 2.70. The number of amides is 1.